The van der Waals surface area contributed by atoms with Crippen molar-refractivity contribution in [1.82, 2.24) is 0 Å². The summed E-state index contributed by atoms with van der Waals surface area (Å²) in [6, 6.07) is 21.9. The first-order chi connectivity index (χ1) is 12.2. The topological polar surface area (TPSA) is 58.9 Å². The molecule has 1 aromatic heterocycles. The van der Waals surface area contributed by atoms with Crippen LogP contribution in [-0.4, -0.2) is 12.5 Å². The number of quaternary nitrogens is 1. The maximum Gasteiger partial charge on any atom is 0.279 e. The van der Waals surface area contributed by atoms with Crippen LogP contribution in [0.15, 0.2) is 87.2 Å². The lowest BCUT2D eigenvalue weighted by Gasteiger charge is -2.11. The van der Waals surface area contributed by atoms with E-state index in [4.69, 9.17) is 4.42 Å². The normalized spacial score (nSPS) is 11.9. The molecule has 1 atom stereocenters. The van der Waals surface area contributed by atoms with Crippen molar-refractivity contribution in [1.29, 1.82) is 0 Å². The van der Waals surface area contributed by atoms with Crippen molar-refractivity contribution in [3.63, 3.8) is 0 Å². The molecule has 3 N–H and O–H groups in total. The third-order valence-electron chi connectivity index (χ3n) is 3.78. The Morgan fingerprint density at radius 3 is 2.60 bits per heavy atom. The Morgan fingerprint density at radius 2 is 1.84 bits per heavy atom. The number of rotatable bonds is 7. The van der Waals surface area contributed by atoms with Gasteiger partial charge in [-0.1, -0.05) is 42.1 Å². The highest BCUT2D eigenvalue weighted by atomic mass is 32.2. The number of carbonyl (C=O) groups excluding carboxylic acids is 1. The van der Waals surface area contributed by atoms with Gasteiger partial charge in [0.05, 0.1) is 12.0 Å². The first kappa shape index (κ1) is 17.3. The summed E-state index contributed by atoms with van der Waals surface area (Å²) in [4.78, 5) is 14.5. The first-order valence-corrected chi connectivity index (χ1v) is 9.02. The summed E-state index contributed by atoms with van der Waals surface area (Å²) in [7, 11) is 0. The molecule has 0 aliphatic heterocycles. The molecule has 0 saturated carbocycles. The highest BCUT2D eigenvalue weighted by Crippen LogP contribution is 2.33. The van der Waals surface area contributed by atoms with Gasteiger partial charge in [0.25, 0.3) is 5.91 Å². The molecule has 0 fully saturated rings. The lowest BCUT2D eigenvalue weighted by Crippen LogP contribution is -2.86. The molecular weight excluding hydrogens is 332 g/mol. The summed E-state index contributed by atoms with van der Waals surface area (Å²) in [5.74, 6) is 0.840. The van der Waals surface area contributed by atoms with E-state index >= 15 is 0 Å². The fourth-order valence-corrected chi connectivity index (χ4v) is 3.35. The van der Waals surface area contributed by atoms with Crippen molar-refractivity contribution in [2.75, 3.05) is 11.9 Å². The zero-order chi connectivity index (χ0) is 17.5. The molecule has 25 heavy (non-hydrogen) atoms. The van der Waals surface area contributed by atoms with Crippen molar-refractivity contribution in [3.05, 3.63) is 78.8 Å². The zero-order valence-electron chi connectivity index (χ0n) is 14.0. The average molecular weight is 353 g/mol. The van der Waals surface area contributed by atoms with Crippen LogP contribution in [0, 0.1) is 0 Å². The quantitative estimate of drug-likeness (QED) is 0.681. The molecule has 1 amide bonds. The van der Waals surface area contributed by atoms with Crippen LogP contribution in [0.2, 0.25) is 0 Å². The Morgan fingerprint density at radius 1 is 1.08 bits per heavy atom. The zero-order valence-corrected chi connectivity index (χ0v) is 14.8. The number of benzene rings is 2. The van der Waals surface area contributed by atoms with Gasteiger partial charge in [-0.25, -0.2) is 0 Å². The van der Waals surface area contributed by atoms with Crippen LogP contribution in [0.25, 0.3) is 0 Å². The van der Waals surface area contributed by atoms with Gasteiger partial charge < -0.3 is 15.1 Å². The van der Waals surface area contributed by atoms with E-state index < -0.39 is 0 Å². The Bertz CT molecular complexity index is 804. The molecular formula is C20H21N2O2S+. The fourth-order valence-electron chi connectivity index (χ4n) is 2.43. The summed E-state index contributed by atoms with van der Waals surface area (Å²) in [5.41, 5.74) is 0.834. The Balaban J connectivity index is 1.59. The lowest BCUT2D eigenvalue weighted by molar-refractivity contribution is -0.684. The molecule has 3 aromatic rings. The van der Waals surface area contributed by atoms with Crippen LogP contribution in [0.3, 0.4) is 0 Å². The smallest absolute Gasteiger partial charge is 0.279 e. The number of nitrogens with two attached hydrogens (primary N) is 1. The summed E-state index contributed by atoms with van der Waals surface area (Å²) >= 11 is 1.64. The van der Waals surface area contributed by atoms with Crippen molar-refractivity contribution in [3.8, 4) is 0 Å². The van der Waals surface area contributed by atoms with Crippen LogP contribution in [-0.2, 0) is 4.79 Å². The van der Waals surface area contributed by atoms with Gasteiger partial charge in [-0.15, -0.1) is 0 Å². The summed E-state index contributed by atoms with van der Waals surface area (Å²) in [6.45, 7) is 2.36. The molecule has 0 aliphatic rings. The van der Waals surface area contributed by atoms with Gasteiger partial charge >= 0.3 is 0 Å². The second-order valence-corrected chi connectivity index (χ2v) is 6.82. The summed E-state index contributed by atoms with van der Waals surface area (Å²) in [6.07, 6.45) is 1.65. The van der Waals surface area contributed by atoms with E-state index in [1.165, 1.54) is 0 Å². The molecule has 0 bridgehead atoms. The highest BCUT2D eigenvalue weighted by Gasteiger charge is 2.14. The van der Waals surface area contributed by atoms with E-state index in [-0.39, 0.29) is 11.9 Å². The molecule has 0 spiro atoms. The number of furan rings is 1. The van der Waals surface area contributed by atoms with Gasteiger partial charge in [-0.2, -0.15) is 0 Å². The van der Waals surface area contributed by atoms with Crippen LogP contribution in [0.5, 0.6) is 0 Å². The monoisotopic (exact) mass is 353 g/mol. The number of amides is 1. The molecule has 5 heteroatoms. The predicted molar refractivity (Wildman–Crippen MR) is 99.6 cm³/mol. The minimum absolute atomic E-state index is 0.0282. The van der Waals surface area contributed by atoms with E-state index in [1.807, 2.05) is 66.8 Å². The minimum Gasteiger partial charge on any atom is -0.463 e. The van der Waals surface area contributed by atoms with Gasteiger partial charge in [-0.3, -0.25) is 4.79 Å². The van der Waals surface area contributed by atoms with Crippen LogP contribution < -0.4 is 10.6 Å². The van der Waals surface area contributed by atoms with E-state index in [0.29, 0.717) is 6.54 Å². The predicted octanol–water partition coefficient (Wildman–Crippen LogP) is 3.69. The Labute approximate surface area is 151 Å². The lowest BCUT2D eigenvalue weighted by atomic mass is 10.2. The van der Waals surface area contributed by atoms with E-state index in [0.717, 1.165) is 21.2 Å². The number of nitrogens with one attached hydrogen (secondary N) is 1. The van der Waals surface area contributed by atoms with E-state index in [2.05, 4.69) is 17.4 Å². The summed E-state index contributed by atoms with van der Waals surface area (Å²) in [5, 5.41) is 4.97. The molecule has 2 aromatic carbocycles. The number of para-hydroxylation sites is 1. The van der Waals surface area contributed by atoms with Gasteiger partial charge in [0.1, 0.15) is 6.04 Å². The average Bonchev–Trinajstić information content (AvgIpc) is 3.17. The second-order valence-electron chi connectivity index (χ2n) is 5.70. The number of hydrogen-bond acceptors (Lipinski definition) is 3. The van der Waals surface area contributed by atoms with Crippen molar-refractivity contribution >= 4 is 23.4 Å². The maximum absolute atomic E-state index is 12.3. The molecule has 128 valence electrons. The van der Waals surface area contributed by atoms with E-state index in [1.54, 1.807) is 18.0 Å². The molecule has 0 aliphatic carbocycles. The molecule has 3 rings (SSSR count). The molecule has 0 radical (unpaired) electrons. The van der Waals surface area contributed by atoms with Crippen molar-refractivity contribution < 1.29 is 14.5 Å². The van der Waals surface area contributed by atoms with Gasteiger partial charge in [-0.05, 0) is 43.3 Å². The third-order valence-corrected chi connectivity index (χ3v) is 4.86. The summed E-state index contributed by atoms with van der Waals surface area (Å²) < 4.78 is 5.37. The highest BCUT2D eigenvalue weighted by molar-refractivity contribution is 7.99. The van der Waals surface area contributed by atoms with Gasteiger partial charge in [0, 0.05) is 9.79 Å². The van der Waals surface area contributed by atoms with Crippen molar-refractivity contribution in [2.45, 2.75) is 22.8 Å². The molecule has 0 unspecified atom stereocenters. The Kier molecular flexibility index (Phi) is 5.93. The van der Waals surface area contributed by atoms with E-state index in [9.17, 15) is 4.79 Å². The second kappa shape index (κ2) is 8.55. The van der Waals surface area contributed by atoms with Crippen LogP contribution in [0.4, 0.5) is 5.69 Å². The third kappa shape index (κ3) is 4.98. The number of carbonyl (C=O) groups is 1. The molecule has 1 heterocycles. The molecule has 0 saturated heterocycles. The minimum atomic E-state index is -0.0282. The standard InChI is InChI=1S/C20H20N2O2S/c1-15(18-11-7-13-24-18)21-14-20(23)22-17-10-5-6-12-19(17)25-16-8-3-2-4-9-16/h2-13,15,21H,14H2,1H3,(H,22,23)/p+1/t15-/m0/s1. The number of hydrogen-bond donors (Lipinski definition) is 2. The SMILES string of the molecule is C[C@H]([NH2+]CC(=O)Nc1ccccc1Sc1ccccc1)c1ccco1. The van der Waals surface area contributed by atoms with Gasteiger partial charge in [0.15, 0.2) is 12.3 Å². The number of anilines is 1. The van der Waals surface area contributed by atoms with Crippen LogP contribution >= 0.6 is 11.8 Å². The van der Waals surface area contributed by atoms with Crippen molar-refractivity contribution in [2.24, 2.45) is 0 Å². The first-order valence-electron chi connectivity index (χ1n) is 8.21. The largest absolute Gasteiger partial charge is 0.463 e. The Hall–Kier alpha value is -2.50. The molecule has 4 nitrogen and oxygen atoms in total. The van der Waals surface area contributed by atoms with Crippen LogP contribution in [0.1, 0.15) is 18.7 Å². The maximum atomic E-state index is 12.3. The fraction of sp³-hybridized carbons (Fsp3) is 0.150. The van der Waals surface area contributed by atoms with Gasteiger partial charge in [0.2, 0.25) is 0 Å².